The zero-order chi connectivity index (χ0) is 22.0. The molecule has 0 amide bonds. The lowest BCUT2D eigenvalue weighted by Crippen LogP contribution is -1.99. The largest absolute Gasteiger partial charge is 0.524 e. The highest BCUT2D eigenvalue weighted by Gasteiger charge is 2.25. The Labute approximate surface area is 182 Å². The number of rotatable bonds is 5. The van der Waals surface area contributed by atoms with E-state index in [0.717, 1.165) is 38.9 Å². The van der Waals surface area contributed by atoms with Crippen LogP contribution >= 0.6 is 7.82 Å². The van der Waals surface area contributed by atoms with E-state index in [2.05, 4.69) is 19.1 Å². The number of phosphoric ester groups is 1. The number of hydrogen-bond donors (Lipinski definition) is 2. The molecule has 0 aliphatic carbocycles. The fourth-order valence-electron chi connectivity index (χ4n) is 3.91. The summed E-state index contributed by atoms with van der Waals surface area (Å²) >= 11 is 0. The molecule has 0 aliphatic heterocycles. The van der Waals surface area contributed by atoms with Crippen LogP contribution in [0.1, 0.15) is 11.1 Å². The van der Waals surface area contributed by atoms with Gasteiger partial charge in [0.15, 0.2) is 0 Å². The van der Waals surface area contributed by atoms with Crippen LogP contribution in [0.2, 0.25) is 0 Å². The van der Waals surface area contributed by atoms with Crippen LogP contribution < -0.4 is 4.52 Å². The van der Waals surface area contributed by atoms with Gasteiger partial charge in [-0.3, -0.25) is 9.79 Å². The van der Waals surface area contributed by atoms with Gasteiger partial charge in [-0.1, -0.05) is 84.9 Å². The molecule has 0 unspecified atom stereocenters. The van der Waals surface area contributed by atoms with E-state index in [0.29, 0.717) is 5.56 Å². The minimum Gasteiger partial charge on any atom is -0.404 e. The number of benzene rings is 4. The van der Waals surface area contributed by atoms with Crippen molar-refractivity contribution >= 4 is 7.82 Å². The van der Waals surface area contributed by atoms with E-state index in [1.165, 1.54) is 0 Å². The zero-order valence-corrected chi connectivity index (χ0v) is 18.2. The maximum Gasteiger partial charge on any atom is 0.524 e. The van der Waals surface area contributed by atoms with Gasteiger partial charge in [0.05, 0.1) is 0 Å². The van der Waals surface area contributed by atoms with E-state index in [9.17, 15) is 14.4 Å². The quantitative estimate of drug-likeness (QED) is 0.343. The molecule has 4 rings (SSSR count). The van der Waals surface area contributed by atoms with Crippen molar-refractivity contribution in [1.82, 2.24) is 0 Å². The zero-order valence-electron chi connectivity index (χ0n) is 17.3. The normalized spacial score (nSPS) is 11.4. The molecule has 0 heterocycles. The minimum atomic E-state index is -4.75. The van der Waals surface area contributed by atoms with E-state index >= 15 is 0 Å². The van der Waals surface area contributed by atoms with Crippen LogP contribution in [-0.2, 0) is 4.57 Å². The van der Waals surface area contributed by atoms with Crippen molar-refractivity contribution in [3.05, 3.63) is 102 Å². The molecular formula is C26H23O4P. The summed E-state index contributed by atoms with van der Waals surface area (Å²) in [5.74, 6) is 0.148. The van der Waals surface area contributed by atoms with Crippen molar-refractivity contribution < 1.29 is 18.9 Å². The Kier molecular flexibility index (Phi) is 5.79. The maximum absolute atomic E-state index is 11.8. The summed E-state index contributed by atoms with van der Waals surface area (Å²) in [5, 5.41) is 0. The summed E-state index contributed by atoms with van der Waals surface area (Å²) in [7, 11) is -4.75. The summed E-state index contributed by atoms with van der Waals surface area (Å²) in [5.41, 5.74) is 7.53. The highest BCUT2D eigenvalue weighted by atomic mass is 31.2. The van der Waals surface area contributed by atoms with E-state index in [1.54, 1.807) is 6.07 Å². The molecule has 0 saturated heterocycles. The van der Waals surface area contributed by atoms with Gasteiger partial charge in [-0.25, -0.2) is 4.57 Å². The molecule has 5 heteroatoms. The Morgan fingerprint density at radius 1 is 0.613 bits per heavy atom. The average Bonchev–Trinajstić information content (AvgIpc) is 2.74. The highest BCUT2D eigenvalue weighted by Crippen LogP contribution is 2.50. The van der Waals surface area contributed by atoms with E-state index in [4.69, 9.17) is 4.52 Å². The molecule has 0 aliphatic rings. The van der Waals surface area contributed by atoms with Crippen LogP contribution in [0, 0.1) is 13.8 Å². The number of phosphoric acid groups is 1. The molecule has 0 saturated carbocycles. The fourth-order valence-corrected chi connectivity index (χ4v) is 4.32. The second kappa shape index (κ2) is 8.52. The highest BCUT2D eigenvalue weighted by molar-refractivity contribution is 7.46. The van der Waals surface area contributed by atoms with Crippen molar-refractivity contribution in [3.63, 3.8) is 0 Å². The van der Waals surface area contributed by atoms with Crippen LogP contribution in [0.25, 0.3) is 33.4 Å². The molecule has 0 bridgehead atoms. The SMILES string of the molecule is Cc1ccccc1-c1ccc(OP(=O)(O)O)c(-c2ccccc2)c1-c1ccccc1C. The summed E-state index contributed by atoms with van der Waals surface area (Å²) in [6, 6.07) is 29.2. The fraction of sp³-hybridized carbons (Fsp3) is 0.0769. The van der Waals surface area contributed by atoms with Crippen molar-refractivity contribution in [2.45, 2.75) is 13.8 Å². The van der Waals surface area contributed by atoms with Crippen LogP contribution in [0.15, 0.2) is 91.0 Å². The van der Waals surface area contributed by atoms with Gasteiger partial charge in [0.1, 0.15) is 5.75 Å². The van der Waals surface area contributed by atoms with Gasteiger partial charge in [-0.15, -0.1) is 0 Å². The molecule has 4 nitrogen and oxygen atoms in total. The molecule has 0 spiro atoms. The van der Waals surface area contributed by atoms with Gasteiger partial charge >= 0.3 is 7.82 Å². The van der Waals surface area contributed by atoms with Gasteiger partial charge in [-0.05, 0) is 53.3 Å². The minimum absolute atomic E-state index is 0.148. The molecule has 0 fully saturated rings. The van der Waals surface area contributed by atoms with Crippen molar-refractivity contribution in [1.29, 1.82) is 0 Å². The Morgan fingerprint density at radius 2 is 1.16 bits per heavy atom. The first-order valence-electron chi connectivity index (χ1n) is 9.95. The monoisotopic (exact) mass is 430 g/mol. The Hall–Kier alpha value is -3.17. The molecular weight excluding hydrogens is 407 g/mol. The van der Waals surface area contributed by atoms with Crippen molar-refractivity contribution in [2.24, 2.45) is 0 Å². The molecule has 2 N–H and O–H groups in total. The van der Waals surface area contributed by atoms with Crippen LogP contribution in [0.4, 0.5) is 0 Å². The lowest BCUT2D eigenvalue weighted by atomic mass is 9.84. The second-order valence-electron chi connectivity index (χ2n) is 7.44. The molecule has 4 aromatic carbocycles. The third-order valence-corrected chi connectivity index (χ3v) is 5.73. The standard InChI is InChI=1S/C26H23O4P/c1-18-10-6-8-14-21(18)23-16-17-24(30-31(27,28)29)25(20-12-4-3-5-13-20)26(23)22-15-9-7-11-19(22)2/h3-17H,1-2H3,(H2,27,28,29). The van der Waals surface area contributed by atoms with E-state index in [-0.39, 0.29) is 5.75 Å². The Balaban J connectivity index is 2.15. The summed E-state index contributed by atoms with van der Waals surface area (Å²) in [6.45, 7) is 4.08. The number of hydrogen-bond acceptors (Lipinski definition) is 2. The van der Waals surface area contributed by atoms with E-state index in [1.807, 2.05) is 79.7 Å². The van der Waals surface area contributed by atoms with Gasteiger partial charge in [0.2, 0.25) is 0 Å². The van der Waals surface area contributed by atoms with Gasteiger partial charge < -0.3 is 4.52 Å². The predicted octanol–water partition coefficient (Wildman–Crippen LogP) is 6.78. The molecule has 0 aromatic heterocycles. The van der Waals surface area contributed by atoms with Gasteiger partial charge in [-0.2, -0.15) is 0 Å². The Bertz CT molecular complexity index is 1280. The molecule has 31 heavy (non-hydrogen) atoms. The Morgan fingerprint density at radius 3 is 1.74 bits per heavy atom. The smallest absolute Gasteiger partial charge is 0.404 e. The van der Waals surface area contributed by atoms with Crippen molar-refractivity contribution in [3.8, 4) is 39.1 Å². The third-order valence-electron chi connectivity index (χ3n) is 5.30. The lowest BCUT2D eigenvalue weighted by Gasteiger charge is -2.22. The molecule has 4 aromatic rings. The van der Waals surface area contributed by atoms with Crippen molar-refractivity contribution in [2.75, 3.05) is 0 Å². The number of aryl methyl sites for hydroxylation is 2. The summed E-state index contributed by atoms with van der Waals surface area (Å²) < 4.78 is 17.0. The van der Waals surface area contributed by atoms with Crippen LogP contribution in [0.5, 0.6) is 5.75 Å². The first-order valence-corrected chi connectivity index (χ1v) is 11.5. The first-order chi connectivity index (χ1) is 14.8. The lowest BCUT2D eigenvalue weighted by molar-refractivity contribution is 0.283. The molecule has 0 radical (unpaired) electrons. The maximum atomic E-state index is 11.8. The summed E-state index contributed by atoms with van der Waals surface area (Å²) in [6.07, 6.45) is 0. The predicted molar refractivity (Wildman–Crippen MR) is 125 cm³/mol. The van der Waals surface area contributed by atoms with Crippen LogP contribution in [-0.4, -0.2) is 9.79 Å². The van der Waals surface area contributed by atoms with Gasteiger partial charge in [0.25, 0.3) is 0 Å². The van der Waals surface area contributed by atoms with Crippen LogP contribution in [0.3, 0.4) is 0 Å². The summed E-state index contributed by atoms with van der Waals surface area (Å²) in [4.78, 5) is 19.2. The first kappa shape index (κ1) is 21.1. The second-order valence-corrected chi connectivity index (χ2v) is 8.60. The topological polar surface area (TPSA) is 66.8 Å². The molecule has 0 atom stereocenters. The van der Waals surface area contributed by atoms with Gasteiger partial charge in [0, 0.05) is 11.1 Å². The molecule has 156 valence electrons. The third kappa shape index (κ3) is 4.47. The van der Waals surface area contributed by atoms with E-state index < -0.39 is 7.82 Å². The average molecular weight is 430 g/mol.